The third-order valence-electron chi connectivity index (χ3n) is 5.37. The minimum atomic E-state index is -0.717. The number of nitrogens with two attached hydrogens (primary N) is 1. The summed E-state index contributed by atoms with van der Waals surface area (Å²) in [6.07, 6.45) is 3.17. The van der Waals surface area contributed by atoms with Gasteiger partial charge in [0.1, 0.15) is 12.4 Å². The van der Waals surface area contributed by atoms with E-state index >= 15 is 0 Å². The Morgan fingerprint density at radius 1 is 1.33 bits per heavy atom. The van der Waals surface area contributed by atoms with Crippen LogP contribution in [0.4, 0.5) is 4.39 Å². The number of carbonyl (C=O) groups is 3. The van der Waals surface area contributed by atoms with E-state index < -0.39 is 17.6 Å². The van der Waals surface area contributed by atoms with E-state index in [1.165, 1.54) is 21.7 Å². The number of nitrogens with one attached hydrogen (secondary N) is 1. The van der Waals surface area contributed by atoms with Crippen LogP contribution in [0.2, 0.25) is 5.02 Å². The van der Waals surface area contributed by atoms with E-state index in [-0.39, 0.29) is 47.9 Å². The van der Waals surface area contributed by atoms with E-state index in [4.69, 9.17) is 17.3 Å². The van der Waals surface area contributed by atoms with Crippen LogP contribution in [0.3, 0.4) is 0 Å². The maximum absolute atomic E-state index is 14.0. The first-order valence-electron chi connectivity index (χ1n) is 10.4. The van der Waals surface area contributed by atoms with Gasteiger partial charge in [-0.1, -0.05) is 23.7 Å². The van der Waals surface area contributed by atoms with Crippen LogP contribution in [0.1, 0.15) is 34.5 Å². The molecule has 33 heavy (non-hydrogen) atoms. The molecule has 0 spiro atoms. The maximum atomic E-state index is 14.0. The molecule has 1 aliphatic rings. The van der Waals surface area contributed by atoms with Crippen LogP contribution in [-0.4, -0.2) is 50.0 Å². The van der Waals surface area contributed by atoms with E-state index in [0.717, 1.165) is 18.4 Å². The van der Waals surface area contributed by atoms with E-state index in [1.54, 1.807) is 18.3 Å². The molecular weight excluding hydrogens is 451 g/mol. The number of hydrogen-bond donors (Lipinski definition) is 2. The summed E-state index contributed by atoms with van der Waals surface area (Å²) in [5.74, 6) is -2.07. The number of benzene rings is 1. The number of amides is 3. The molecule has 0 atom stereocenters. The molecule has 0 aliphatic heterocycles. The van der Waals surface area contributed by atoms with Gasteiger partial charge in [-0.2, -0.15) is 5.10 Å². The molecular formula is C22H22ClFN6O3. The third kappa shape index (κ3) is 4.95. The number of nitrogens with zero attached hydrogens (tertiary/aromatic N) is 4. The number of rotatable bonds is 8. The Morgan fingerprint density at radius 3 is 2.79 bits per heavy atom. The zero-order chi connectivity index (χ0) is 23.7. The lowest BCUT2D eigenvalue weighted by Crippen LogP contribution is -2.43. The van der Waals surface area contributed by atoms with Gasteiger partial charge in [0, 0.05) is 24.3 Å². The molecule has 0 radical (unpaired) electrons. The smallest absolute Gasteiger partial charge is 0.269 e. The highest BCUT2D eigenvalue weighted by molar-refractivity contribution is 6.30. The second-order valence-electron chi connectivity index (χ2n) is 8.00. The molecule has 172 valence electrons. The van der Waals surface area contributed by atoms with Crippen LogP contribution < -0.4 is 11.1 Å². The molecule has 1 saturated carbocycles. The van der Waals surface area contributed by atoms with Crippen molar-refractivity contribution in [2.45, 2.75) is 38.9 Å². The van der Waals surface area contributed by atoms with Crippen molar-refractivity contribution in [3.63, 3.8) is 0 Å². The minimum Gasteiger partial charge on any atom is -0.364 e. The lowest BCUT2D eigenvalue weighted by Gasteiger charge is -2.22. The number of hydrogen-bond acceptors (Lipinski definition) is 5. The summed E-state index contributed by atoms with van der Waals surface area (Å²) in [6.45, 7) is 1.39. The molecule has 3 N–H and O–H groups in total. The van der Waals surface area contributed by atoms with Crippen LogP contribution >= 0.6 is 11.6 Å². The highest BCUT2D eigenvalue weighted by Gasteiger charge is 2.34. The van der Waals surface area contributed by atoms with Crippen molar-refractivity contribution in [2.75, 3.05) is 6.54 Å². The maximum Gasteiger partial charge on any atom is 0.269 e. The molecule has 0 unspecified atom stereocenters. The fourth-order valence-electron chi connectivity index (χ4n) is 3.57. The first kappa shape index (κ1) is 22.7. The third-order valence-corrected chi connectivity index (χ3v) is 5.66. The largest absolute Gasteiger partial charge is 0.364 e. The number of fused-ring (bicyclic) bond motifs is 1. The Morgan fingerprint density at radius 2 is 2.09 bits per heavy atom. The molecule has 1 aromatic carbocycles. The summed E-state index contributed by atoms with van der Waals surface area (Å²) in [7, 11) is 0. The van der Waals surface area contributed by atoms with Gasteiger partial charge < -0.3 is 16.0 Å². The predicted molar refractivity (Wildman–Crippen MR) is 119 cm³/mol. The fourth-order valence-corrected chi connectivity index (χ4v) is 3.77. The average molecular weight is 473 g/mol. The quantitative estimate of drug-likeness (QED) is 0.518. The zero-order valence-electron chi connectivity index (χ0n) is 17.8. The zero-order valence-corrected chi connectivity index (χ0v) is 18.6. The summed E-state index contributed by atoms with van der Waals surface area (Å²) in [6, 6.07) is 6.22. The Labute approximate surface area is 193 Å². The van der Waals surface area contributed by atoms with Crippen molar-refractivity contribution in [2.24, 2.45) is 5.73 Å². The Balaban J connectivity index is 1.47. The van der Waals surface area contributed by atoms with Crippen molar-refractivity contribution >= 4 is 40.4 Å². The van der Waals surface area contributed by atoms with Crippen LogP contribution in [0, 0.1) is 12.7 Å². The number of aryl methyl sites for hydroxylation is 1. The number of pyridine rings is 1. The topological polar surface area (TPSA) is 123 Å². The second-order valence-corrected chi connectivity index (χ2v) is 8.40. The van der Waals surface area contributed by atoms with Gasteiger partial charge in [0.25, 0.3) is 5.91 Å². The number of carbonyl (C=O) groups excluding carboxylic acids is 3. The molecule has 1 aliphatic carbocycles. The van der Waals surface area contributed by atoms with Crippen molar-refractivity contribution in [3.8, 4) is 0 Å². The Hall–Kier alpha value is -3.53. The fraction of sp³-hybridized carbons (Fsp3) is 0.318. The molecule has 9 nitrogen and oxygen atoms in total. The van der Waals surface area contributed by atoms with E-state index in [0.29, 0.717) is 11.0 Å². The Kier molecular flexibility index (Phi) is 6.28. The van der Waals surface area contributed by atoms with Crippen molar-refractivity contribution in [1.82, 2.24) is 25.0 Å². The van der Waals surface area contributed by atoms with Gasteiger partial charge in [0.05, 0.1) is 17.0 Å². The Bertz CT molecular complexity index is 1260. The van der Waals surface area contributed by atoms with Gasteiger partial charge in [-0.25, -0.2) is 14.1 Å². The van der Waals surface area contributed by atoms with Gasteiger partial charge in [0.15, 0.2) is 11.3 Å². The first-order valence-corrected chi connectivity index (χ1v) is 10.7. The lowest BCUT2D eigenvalue weighted by atomic mass is 10.2. The van der Waals surface area contributed by atoms with E-state index in [1.807, 2.05) is 6.92 Å². The standard InChI is InChI=1S/C22H22ClFN6O3/c1-12-7-15-20(21(25)33)28-30(22(15)27-8-12)11-18(32)29(14-5-6-14)10-17(31)26-9-13-3-2-4-16(23)19(13)24/h2-4,7-8,14H,5-6,9-11H2,1H3,(H2,25,33)(H,26,31). The SMILES string of the molecule is Cc1cnc2c(c1)c(C(N)=O)nn2CC(=O)N(CC(=O)NCc1cccc(Cl)c1F)C1CC1. The summed E-state index contributed by atoms with van der Waals surface area (Å²) < 4.78 is 15.4. The molecule has 11 heteroatoms. The van der Waals surface area contributed by atoms with E-state index in [9.17, 15) is 18.8 Å². The predicted octanol–water partition coefficient (Wildman–Crippen LogP) is 1.94. The van der Waals surface area contributed by atoms with Crippen molar-refractivity contribution in [3.05, 3.63) is 58.1 Å². The first-order chi connectivity index (χ1) is 15.7. The number of halogens is 2. The summed E-state index contributed by atoms with van der Waals surface area (Å²) in [5.41, 5.74) is 6.91. The van der Waals surface area contributed by atoms with Crippen LogP contribution in [0.25, 0.3) is 11.0 Å². The van der Waals surface area contributed by atoms with Crippen molar-refractivity contribution < 1.29 is 18.8 Å². The van der Waals surface area contributed by atoms with Gasteiger partial charge in [-0.05, 0) is 37.5 Å². The minimum absolute atomic E-state index is 0.0258. The molecule has 2 heterocycles. The van der Waals surface area contributed by atoms with Gasteiger partial charge in [-0.15, -0.1) is 0 Å². The molecule has 4 rings (SSSR count). The van der Waals surface area contributed by atoms with Gasteiger partial charge in [-0.3, -0.25) is 14.4 Å². The molecule has 3 aromatic rings. The number of aromatic nitrogens is 3. The number of primary amides is 1. The van der Waals surface area contributed by atoms with Crippen LogP contribution in [0.5, 0.6) is 0 Å². The lowest BCUT2D eigenvalue weighted by molar-refractivity contribution is -0.137. The summed E-state index contributed by atoms with van der Waals surface area (Å²) in [5, 5.41) is 7.25. The molecule has 1 fully saturated rings. The van der Waals surface area contributed by atoms with Crippen molar-refractivity contribution in [1.29, 1.82) is 0 Å². The molecule has 2 aromatic heterocycles. The molecule has 0 bridgehead atoms. The molecule has 0 saturated heterocycles. The van der Waals surface area contributed by atoms with E-state index in [2.05, 4.69) is 15.4 Å². The monoisotopic (exact) mass is 472 g/mol. The molecule has 3 amide bonds. The van der Waals surface area contributed by atoms with Gasteiger partial charge >= 0.3 is 0 Å². The normalized spacial score (nSPS) is 13.2. The highest BCUT2D eigenvalue weighted by atomic mass is 35.5. The van der Waals surface area contributed by atoms with Gasteiger partial charge in [0.2, 0.25) is 11.8 Å². The second kappa shape index (κ2) is 9.14. The van der Waals surface area contributed by atoms with Crippen LogP contribution in [-0.2, 0) is 22.7 Å². The average Bonchev–Trinajstić information content (AvgIpc) is 3.55. The summed E-state index contributed by atoms with van der Waals surface area (Å²) >= 11 is 5.77. The highest BCUT2D eigenvalue weighted by Crippen LogP contribution is 2.27. The summed E-state index contributed by atoms with van der Waals surface area (Å²) in [4.78, 5) is 43.1. The van der Waals surface area contributed by atoms with Crippen LogP contribution in [0.15, 0.2) is 30.5 Å².